The minimum absolute atomic E-state index is 0.354. The summed E-state index contributed by atoms with van der Waals surface area (Å²) in [5.41, 5.74) is 4.50. The Bertz CT molecular complexity index is 1250. The highest BCUT2D eigenvalue weighted by atomic mass is 35.5. The van der Waals surface area contributed by atoms with Crippen LogP contribution in [0.15, 0.2) is 61.1 Å². The lowest BCUT2D eigenvalue weighted by Gasteiger charge is -2.25. The number of aromatic nitrogens is 4. The molecule has 164 valence electrons. The Morgan fingerprint density at radius 1 is 1.00 bits per heavy atom. The van der Waals surface area contributed by atoms with Crippen molar-refractivity contribution >= 4 is 23.2 Å². The first-order valence-corrected chi connectivity index (χ1v) is 11.0. The average Bonchev–Trinajstić information content (AvgIpc) is 3.19. The number of halogens is 2. The average molecular weight is 467 g/mol. The number of imidazole rings is 1. The molecule has 0 atom stereocenters. The number of aryl methyl sites for hydroxylation is 1. The fourth-order valence-corrected chi connectivity index (χ4v) is 3.99. The van der Waals surface area contributed by atoms with Gasteiger partial charge in [0.2, 0.25) is 0 Å². The summed E-state index contributed by atoms with van der Waals surface area (Å²) in [5, 5.41) is 1.12. The quantitative estimate of drug-likeness (QED) is 0.317. The van der Waals surface area contributed by atoms with Gasteiger partial charge in [0.1, 0.15) is 16.7 Å². The summed E-state index contributed by atoms with van der Waals surface area (Å²) in [6.07, 6.45) is 4.27. The molecule has 0 aliphatic rings. The molecule has 2 aromatic carbocycles. The van der Waals surface area contributed by atoms with Crippen LogP contribution in [0.25, 0.3) is 5.69 Å². The van der Waals surface area contributed by atoms with Crippen molar-refractivity contribution in [2.45, 2.75) is 32.6 Å². The first-order chi connectivity index (χ1) is 15.3. The van der Waals surface area contributed by atoms with E-state index in [1.165, 1.54) is 0 Å². The zero-order valence-electron chi connectivity index (χ0n) is 18.4. The number of methoxy groups -OCH3 is 1. The van der Waals surface area contributed by atoms with Crippen molar-refractivity contribution < 1.29 is 4.74 Å². The van der Waals surface area contributed by atoms with Crippen LogP contribution in [0.2, 0.25) is 10.2 Å². The zero-order chi connectivity index (χ0) is 22.9. The number of hydrogen-bond acceptors (Lipinski definition) is 4. The highest BCUT2D eigenvalue weighted by Gasteiger charge is 2.26. The molecule has 0 fully saturated rings. The fourth-order valence-electron chi connectivity index (χ4n) is 3.66. The summed E-state index contributed by atoms with van der Waals surface area (Å²) in [6, 6.07) is 15.7. The molecule has 0 aliphatic carbocycles. The molecule has 0 amide bonds. The van der Waals surface area contributed by atoms with Gasteiger partial charge in [0, 0.05) is 23.1 Å². The molecule has 0 aliphatic heterocycles. The van der Waals surface area contributed by atoms with Gasteiger partial charge in [-0.3, -0.25) is 0 Å². The van der Waals surface area contributed by atoms with E-state index in [2.05, 4.69) is 23.8 Å². The van der Waals surface area contributed by atoms with Gasteiger partial charge in [-0.1, -0.05) is 55.2 Å². The molecule has 0 N–H and O–H groups in total. The van der Waals surface area contributed by atoms with E-state index in [1.807, 2.05) is 66.2 Å². The van der Waals surface area contributed by atoms with Gasteiger partial charge in [0.25, 0.3) is 0 Å². The molecule has 2 heterocycles. The van der Waals surface area contributed by atoms with Crippen molar-refractivity contribution in [3.63, 3.8) is 0 Å². The Hall–Kier alpha value is -2.89. The van der Waals surface area contributed by atoms with Gasteiger partial charge in [-0.2, -0.15) is 0 Å². The molecule has 32 heavy (non-hydrogen) atoms. The van der Waals surface area contributed by atoms with Gasteiger partial charge in [-0.05, 0) is 48.4 Å². The monoisotopic (exact) mass is 466 g/mol. The summed E-state index contributed by atoms with van der Waals surface area (Å²) in [6.45, 7) is 6.18. The second kappa shape index (κ2) is 8.93. The van der Waals surface area contributed by atoms with E-state index in [0.717, 1.165) is 34.0 Å². The maximum Gasteiger partial charge on any atom is 0.143 e. The van der Waals surface area contributed by atoms with Crippen LogP contribution in [0, 0.1) is 6.92 Å². The maximum absolute atomic E-state index is 6.39. The van der Waals surface area contributed by atoms with Crippen molar-refractivity contribution in [2.24, 2.45) is 0 Å². The van der Waals surface area contributed by atoms with Crippen LogP contribution in [0.5, 0.6) is 5.75 Å². The SMILES string of the molecule is COc1cc(Cc2nc(Cl)cc(C(C)(C)c3ccc(Cl)cc3)n2)ccc1-n1cnc(C)c1. The van der Waals surface area contributed by atoms with Crippen LogP contribution < -0.4 is 4.74 Å². The predicted molar refractivity (Wildman–Crippen MR) is 128 cm³/mol. The molecule has 0 bridgehead atoms. The van der Waals surface area contributed by atoms with Crippen LogP contribution >= 0.6 is 23.2 Å². The first kappa shape index (κ1) is 22.3. The van der Waals surface area contributed by atoms with Gasteiger partial charge in [0.15, 0.2) is 0 Å². The zero-order valence-corrected chi connectivity index (χ0v) is 19.9. The molecule has 0 radical (unpaired) electrons. The van der Waals surface area contributed by atoms with Gasteiger partial charge in [-0.15, -0.1) is 0 Å². The largest absolute Gasteiger partial charge is 0.495 e. The lowest BCUT2D eigenvalue weighted by Crippen LogP contribution is -2.21. The van der Waals surface area contributed by atoms with E-state index in [9.17, 15) is 0 Å². The standard InChI is InChI=1S/C25H24Cl2N4O/c1-16-14-31(15-28-16)20-10-5-17(11-21(20)32-4)12-24-29-22(13-23(27)30-24)25(2,3)18-6-8-19(26)9-7-18/h5-11,13-15H,12H2,1-4H3. The summed E-state index contributed by atoms with van der Waals surface area (Å²) in [5.74, 6) is 1.41. The fraction of sp³-hybridized carbons (Fsp3) is 0.240. The molecule has 0 unspecified atom stereocenters. The van der Waals surface area contributed by atoms with Crippen LogP contribution in [0.4, 0.5) is 0 Å². The van der Waals surface area contributed by atoms with Crippen molar-refractivity contribution in [3.8, 4) is 11.4 Å². The molecule has 0 spiro atoms. The number of ether oxygens (including phenoxy) is 1. The predicted octanol–water partition coefficient (Wildman–Crippen LogP) is 6.20. The third-order valence-corrected chi connectivity index (χ3v) is 5.99. The van der Waals surface area contributed by atoms with E-state index in [-0.39, 0.29) is 5.41 Å². The van der Waals surface area contributed by atoms with E-state index in [4.69, 9.17) is 32.9 Å². The van der Waals surface area contributed by atoms with E-state index in [1.54, 1.807) is 13.4 Å². The Morgan fingerprint density at radius 3 is 2.41 bits per heavy atom. The van der Waals surface area contributed by atoms with Crippen molar-refractivity contribution in [3.05, 3.63) is 99.6 Å². The lowest BCUT2D eigenvalue weighted by atomic mass is 9.81. The molecule has 0 saturated heterocycles. The van der Waals surface area contributed by atoms with Gasteiger partial charge < -0.3 is 9.30 Å². The lowest BCUT2D eigenvalue weighted by molar-refractivity contribution is 0.412. The first-order valence-electron chi connectivity index (χ1n) is 10.2. The maximum atomic E-state index is 6.39. The molecule has 7 heteroatoms. The van der Waals surface area contributed by atoms with Crippen molar-refractivity contribution in [1.29, 1.82) is 0 Å². The molecule has 0 saturated carbocycles. The van der Waals surface area contributed by atoms with Crippen LogP contribution in [0.1, 0.15) is 42.2 Å². The summed E-state index contributed by atoms with van der Waals surface area (Å²) < 4.78 is 7.58. The normalized spacial score (nSPS) is 11.6. The second-order valence-electron chi connectivity index (χ2n) is 8.23. The Morgan fingerprint density at radius 2 is 1.75 bits per heavy atom. The molecular formula is C25H24Cl2N4O. The third kappa shape index (κ3) is 4.64. The minimum atomic E-state index is -0.354. The van der Waals surface area contributed by atoms with Crippen LogP contribution in [0.3, 0.4) is 0 Å². The van der Waals surface area contributed by atoms with Gasteiger partial charge in [-0.25, -0.2) is 15.0 Å². The second-order valence-corrected chi connectivity index (χ2v) is 9.05. The molecule has 4 aromatic rings. The number of nitrogens with zero attached hydrogens (tertiary/aromatic N) is 4. The number of rotatable bonds is 6. The van der Waals surface area contributed by atoms with Crippen molar-refractivity contribution in [1.82, 2.24) is 19.5 Å². The molecule has 4 rings (SSSR count). The summed E-state index contributed by atoms with van der Waals surface area (Å²) in [7, 11) is 1.66. The van der Waals surface area contributed by atoms with E-state index >= 15 is 0 Å². The van der Waals surface area contributed by atoms with Crippen LogP contribution in [-0.4, -0.2) is 26.6 Å². The summed E-state index contributed by atoms with van der Waals surface area (Å²) >= 11 is 12.5. The molecule has 2 aromatic heterocycles. The third-order valence-electron chi connectivity index (χ3n) is 5.54. The number of hydrogen-bond donors (Lipinski definition) is 0. The van der Waals surface area contributed by atoms with Gasteiger partial charge in [0.05, 0.1) is 30.5 Å². The minimum Gasteiger partial charge on any atom is -0.495 e. The number of benzene rings is 2. The Balaban J connectivity index is 1.65. The van der Waals surface area contributed by atoms with E-state index in [0.29, 0.717) is 22.4 Å². The Kier molecular flexibility index (Phi) is 6.22. The van der Waals surface area contributed by atoms with Crippen LogP contribution in [-0.2, 0) is 11.8 Å². The Labute approximate surface area is 198 Å². The topological polar surface area (TPSA) is 52.8 Å². The molecule has 5 nitrogen and oxygen atoms in total. The highest BCUT2D eigenvalue weighted by Crippen LogP contribution is 2.32. The smallest absolute Gasteiger partial charge is 0.143 e. The van der Waals surface area contributed by atoms with E-state index < -0.39 is 0 Å². The highest BCUT2D eigenvalue weighted by molar-refractivity contribution is 6.30. The summed E-state index contributed by atoms with van der Waals surface area (Å²) in [4.78, 5) is 13.6. The molecular weight excluding hydrogens is 443 g/mol. The van der Waals surface area contributed by atoms with Gasteiger partial charge >= 0.3 is 0 Å². The van der Waals surface area contributed by atoms with Crippen molar-refractivity contribution in [2.75, 3.05) is 7.11 Å².